The normalized spacial score (nSPS) is 18.5. The van der Waals surface area contributed by atoms with Crippen molar-refractivity contribution in [3.05, 3.63) is 76.5 Å². The van der Waals surface area contributed by atoms with Crippen molar-refractivity contribution in [3.8, 4) is 5.75 Å². The lowest BCUT2D eigenvalue weighted by Gasteiger charge is -2.27. The molecule has 10 heteroatoms. The van der Waals surface area contributed by atoms with Gasteiger partial charge in [-0.2, -0.15) is 8.78 Å². The van der Waals surface area contributed by atoms with Crippen molar-refractivity contribution in [1.82, 2.24) is 14.9 Å². The second kappa shape index (κ2) is 10.8. The predicted octanol–water partition coefficient (Wildman–Crippen LogP) is 5.38. The van der Waals surface area contributed by atoms with E-state index >= 15 is 0 Å². The third-order valence-corrected chi connectivity index (χ3v) is 7.28. The minimum Gasteiger partial charge on any atom is -0.486 e. The van der Waals surface area contributed by atoms with Crippen LogP contribution in [0.3, 0.4) is 0 Å². The van der Waals surface area contributed by atoms with Crippen LogP contribution >= 0.6 is 0 Å². The molecular formula is C29H32F3N5O2. The van der Waals surface area contributed by atoms with Gasteiger partial charge in [0.25, 0.3) is 0 Å². The molecule has 7 nitrogen and oxygen atoms in total. The Kier molecular flexibility index (Phi) is 7.48. The fraction of sp³-hybridized carbons (Fsp3) is 0.414. The molecule has 2 aliphatic heterocycles. The minimum atomic E-state index is -3.04. The Balaban J connectivity index is 1.55. The summed E-state index contributed by atoms with van der Waals surface area (Å²) in [4.78, 5) is 26.6. The number of ether oxygens (including phenoxy) is 1. The van der Waals surface area contributed by atoms with Gasteiger partial charge in [-0.25, -0.2) is 14.4 Å². The molecule has 0 fully saturated rings. The first-order valence-corrected chi connectivity index (χ1v) is 13.1. The summed E-state index contributed by atoms with van der Waals surface area (Å²) in [5.74, 6) is -2.25. The van der Waals surface area contributed by atoms with Crippen LogP contribution < -0.4 is 15.0 Å². The van der Waals surface area contributed by atoms with Crippen LogP contribution in [0.25, 0.3) is 0 Å². The zero-order valence-electron chi connectivity index (χ0n) is 22.3. The van der Waals surface area contributed by atoms with Crippen molar-refractivity contribution in [2.45, 2.75) is 51.6 Å². The Morgan fingerprint density at radius 2 is 1.85 bits per heavy atom. The van der Waals surface area contributed by atoms with Crippen molar-refractivity contribution < 1.29 is 22.7 Å². The molecule has 2 aliphatic rings. The second-order valence-corrected chi connectivity index (χ2v) is 10.2. The number of halogens is 3. The van der Waals surface area contributed by atoms with Crippen LogP contribution in [0.5, 0.6) is 5.75 Å². The van der Waals surface area contributed by atoms with E-state index in [1.807, 2.05) is 14.0 Å². The lowest BCUT2D eigenvalue weighted by Crippen LogP contribution is -2.34. The van der Waals surface area contributed by atoms with Gasteiger partial charge < -0.3 is 19.9 Å². The highest BCUT2D eigenvalue weighted by Gasteiger charge is 2.43. The monoisotopic (exact) mass is 539 g/mol. The van der Waals surface area contributed by atoms with Gasteiger partial charge in [-0.3, -0.25) is 4.79 Å². The number of aryl methyl sites for hydroxylation is 2. The van der Waals surface area contributed by atoms with Crippen LogP contribution in [0.2, 0.25) is 0 Å². The zero-order valence-corrected chi connectivity index (χ0v) is 22.3. The number of hydrogen-bond acceptors (Lipinski definition) is 6. The molecule has 2 aromatic carbocycles. The lowest BCUT2D eigenvalue weighted by molar-refractivity contribution is -0.119. The van der Waals surface area contributed by atoms with Gasteiger partial charge in [0, 0.05) is 29.8 Å². The molecule has 1 atom stereocenters. The average molecular weight is 540 g/mol. The van der Waals surface area contributed by atoms with Crippen LogP contribution in [0, 0.1) is 12.7 Å². The molecular weight excluding hydrogens is 507 g/mol. The highest BCUT2D eigenvalue weighted by atomic mass is 19.3. The van der Waals surface area contributed by atoms with Gasteiger partial charge in [0.1, 0.15) is 23.2 Å². The van der Waals surface area contributed by atoms with E-state index in [4.69, 9.17) is 9.72 Å². The van der Waals surface area contributed by atoms with E-state index in [0.717, 1.165) is 24.2 Å². The molecule has 0 saturated heterocycles. The van der Waals surface area contributed by atoms with Crippen molar-refractivity contribution in [3.63, 3.8) is 0 Å². The minimum absolute atomic E-state index is 0.0996. The van der Waals surface area contributed by atoms with Gasteiger partial charge in [-0.15, -0.1) is 0 Å². The van der Waals surface area contributed by atoms with Crippen LogP contribution in [-0.2, 0) is 23.7 Å². The van der Waals surface area contributed by atoms with Crippen molar-refractivity contribution in [2.24, 2.45) is 0 Å². The molecule has 1 aromatic heterocycles. The number of nitrogens with zero attached hydrogens (tertiary/aromatic N) is 4. The van der Waals surface area contributed by atoms with Gasteiger partial charge in [0.2, 0.25) is 5.91 Å². The SMILES string of the molecule is Cc1nc2c(c(N[C@H](C)c3cccc4c3OCC4(F)F)n1)CN(c1ccc(F)cc1)C(=O)CCN(C)CCC2. The van der Waals surface area contributed by atoms with Gasteiger partial charge >= 0.3 is 5.92 Å². The summed E-state index contributed by atoms with van der Waals surface area (Å²) in [6.45, 7) is 4.57. The number of alkyl halides is 2. The summed E-state index contributed by atoms with van der Waals surface area (Å²) in [7, 11) is 1.98. The number of nitrogens with one attached hydrogen (secondary N) is 1. The Labute approximate surface area is 226 Å². The first kappa shape index (κ1) is 26.9. The molecule has 1 amide bonds. The zero-order chi connectivity index (χ0) is 27.7. The molecule has 3 aromatic rings. The number of rotatable bonds is 4. The maximum Gasteiger partial charge on any atom is 0.310 e. The number of hydrogen-bond donors (Lipinski definition) is 1. The quantitative estimate of drug-likeness (QED) is 0.480. The number of para-hydroxylation sites is 1. The second-order valence-electron chi connectivity index (χ2n) is 10.2. The van der Waals surface area contributed by atoms with Crippen LogP contribution in [0.1, 0.15) is 54.0 Å². The van der Waals surface area contributed by atoms with Gasteiger partial charge in [-0.05, 0) is 70.6 Å². The fourth-order valence-electron chi connectivity index (χ4n) is 5.17. The number of carbonyl (C=O) groups is 1. The first-order chi connectivity index (χ1) is 18.6. The molecule has 5 rings (SSSR count). The molecule has 3 heterocycles. The molecule has 0 saturated carbocycles. The molecule has 0 aliphatic carbocycles. The lowest BCUT2D eigenvalue weighted by atomic mass is 10.0. The third-order valence-electron chi connectivity index (χ3n) is 7.28. The Hall–Kier alpha value is -3.66. The number of carbonyl (C=O) groups excluding carboxylic acids is 1. The summed E-state index contributed by atoms with van der Waals surface area (Å²) < 4.78 is 47.8. The Bertz CT molecular complexity index is 1370. The number of fused-ring (bicyclic) bond motifs is 2. The standard InChI is InChI=1S/C29H32F3N5O2/c1-18(22-6-4-7-24-27(22)39-17-29(24,31)32)33-28-23-16-37(21-11-9-20(30)10-12-21)26(38)13-15-36(3)14-5-8-25(23)34-19(2)35-28/h4,6-7,9-12,18H,5,8,13-17H2,1-3H3,(H,33,34,35)/t18-/m1/s1. The van der Waals surface area contributed by atoms with Crippen molar-refractivity contribution in [2.75, 3.05) is 37.0 Å². The molecule has 0 bridgehead atoms. The fourth-order valence-corrected chi connectivity index (χ4v) is 5.17. The van der Waals surface area contributed by atoms with E-state index in [-0.39, 0.29) is 29.6 Å². The van der Waals surface area contributed by atoms with Crippen LogP contribution in [0.4, 0.5) is 24.7 Å². The summed E-state index contributed by atoms with van der Waals surface area (Å²) in [5.41, 5.74) is 2.61. The van der Waals surface area contributed by atoms with Crippen molar-refractivity contribution >= 4 is 17.4 Å². The molecule has 1 N–H and O–H groups in total. The van der Waals surface area contributed by atoms with Crippen LogP contribution in [0.15, 0.2) is 42.5 Å². The topological polar surface area (TPSA) is 70.6 Å². The third kappa shape index (κ3) is 5.71. The summed E-state index contributed by atoms with van der Waals surface area (Å²) in [5, 5.41) is 3.40. The largest absolute Gasteiger partial charge is 0.486 e. The summed E-state index contributed by atoms with van der Waals surface area (Å²) in [6.07, 6.45) is 1.82. The Morgan fingerprint density at radius 3 is 2.62 bits per heavy atom. The van der Waals surface area contributed by atoms with E-state index in [1.54, 1.807) is 36.1 Å². The number of benzene rings is 2. The number of amides is 1. The van der Waals surface area contributed by atoms with E-state index < -0.39 is 18.6 Å². The molecule has 206 valence electrons. The van der Waals surface area contributed by atoms with E-state index in [1.165, 1.54) is 18.2 Å². The van der Waals surface area contributed by atoms with Gasteiger partial charge in [0.15, 0.2) is 6.61 Å². The van der Waals surface area contributed by atoms with Crippen LogP contribution in [-0.4, -0.2) is 47.5 Å². The predicted molar refractivity (Wildman–Crippen MR) is 143 cm³/mol. The highest BCUT2D eigenvalue weighted by Crippen LogP contribution is 2.45. The smallest absolute Gasteiger partial charge is 0.310 e. The average Bonchev–Trinajstić information content (AvgIpc) is 3.20. The summed E-state index contributed by atoms with van der Waals surface area (Å²) >= 11 is 0. The van der Waals surface area contributed by atoms with Gasteiger partial charge in [-0.1, -0.05) is 12.1 Å². The molecule has 0 spiro atoms. The van der Waals surface area contributed by atoms with E-state index in [9.17, 15) is 18.0 Å². The maximum absolute atomic E-state index is 14.3. The van der Waals surface area contributed by atoms with Gasteiger partial charge in [0.05, 0.1) is 23.8 Å². The first-order valence-electron chi connectivity index (χ1n) is 13.1. The number of anilines is 2. The maximum atomic E-state index is 14.3. The Morgan fingerprint density at radius 1 is 1.08 bits per heavy atom. The highest BCUT2D eigenvalue weighted by molar-refractivity contribution is 5.93. The molecule has 0 unspecified atom stereocenters. The molecule has 0 radical (unpaired) electrons. The number of aromatic nitrogens is 2. The van der Waals surface area contributed by atoms with E-state index in [0.29, 0.717) is 42.3 Å². The van der Waals surface area contributed by atoms with Crippen molar-refractivity contribution in [1.29, 1.82) is 0 Å². The summed E-state index contributed by atoms with van der Waals surface area (Å²) in [6, 6.07) is 10.2. The van der Waals surface area contributed by atoms with E-state index in [2.05, 4.69) is 15.2 Å². The molecule has 39 heavy (non-hydrogen) atoms.